The van der Waals surface area contributed by atoms with Crippen molar-refractivity contribution in [2.75, 3.05) is 18.7 Å². The van der Waals surface area contributed by atoms with Crippen LogP contribution in [0.25, 0.3) is 0 Å². The van der Waals surface area contributed by atoms with Gasteiger partial charge in [0.15, 0.2) is 0 Å². The topological polar surface area (TPSA) is 80.3 Å². The van der Waals surface area contributed by atoms with Crippen LogP contribution in [-0.4, -0.2) is 28.9 Å². The van der Waals surface area contributed by atoms with E-state index in [0.29, 0.717) is 18.9 Å². The third kappa shape index (κ3) is 4.36. The molecule has 0 aliphatic carbocycles. The van der Waals surface area contributed by atoms with Crippen molar-refractivity contribution in [3.05, 3.63) is 58.7 Å². The van der Waals surface area contributed by atoms with Crippen molar-refractivity contribution in [2.45, 2.75) is 32.0 Å². The molecule has 0 spiro atoms. The molecule has 0 aromatic heterocycles. The van der Waals surface area contributed by atoms with E-state index < -0.39 is 0 Å². The molecule has 0 saturated carbocycles. The maximum Gasteiger partial charge on any atom is 0.149 e. The number of nitrogens with two attached hydrogens (primary N) is 1. The summed E-state index contributed by atoms with van der Waals surface area (Å²) in [6, 6.07) is 13.9. The zero-order valence-electron chi connectivity index (χ0n) is 15.3. The van der Waals surface area contributed by atoms with Crippen LogP contribution in [0.2, 0.25) is 0 Å². The average Bonchev–Trinajstić information content (AvgIpc) is 2.61. The highest BCUT2D eigenvalue weighted by molar-refractivity contribution is 7.97. The van der Waals surface area contributed by atoms with E-state index in [1.54, 1.807) is 29.1 Å². The van der Waals surface area contributed by atoms with Gasteiger partial charge in [0.2, 0.25) is 0 Å². The van der Waals surface area contributed by atoms with Crippen molar-refractivity contribution >= 4 is 17.6 Å². The maximum absolute atomic E-state index is 8.88. The largest absolute Gasteiger partial charge is 0.356 e. The molecule has 136 valence electrons. The summed E-state index contributed by atoms with van der Waals surface area (Å²) in [6.45, 7) is 7.75. The molecule has 1 fully saturated rings. The molecule has 0 radical (unpaired) electrons. The van der Waals surface area contributed by atoms with Gasteiger partial charge in [0.1, 0.15) is 6.29 Å². The monoisotopic (exact) mass is 368 g/mol. The molecule has 1 saturated heterocycles. The average molecular weight is 369 g/mol. The second-order valence-corrected chi connectivity index (χ2v) is 7.66. The third-order valence-corrected chi connectivity index (χ3v) is 5.59. The van der Waals surface area contributed by atoms with Crippen LogP contribution in [0.1, 0.15) is 22.3 Å². The van der Waals surface area contributed by atoms with Crippen LogP contribution < -0.4 is 16.5 Å². The van der Waals surface area contributed by atoms with Crippen LogP contribution in [0.5, 0.6) is 0 Å². The maximum atomic E-state index is 8.88. The smallest absolute Gasteiger partial charge is 0.149 e. The van der Waals surface area contributed by atoms with Crippen LogP contribution in [-0.2, 0) is 0 Å². The van der Waals surface area contributed by atoms with Crippen LogP contribution in [0, 0.1) is 32.1 Å². The number of hydrogen-bond acceptors (Lipinski definition) is 7. The summed E-state index contributed by atoms with van der Waals surface area (Å²) in [5.41, 5.74) is 5.42. The molecule has 26 heavy (non-hydrogen) atoms. The molecular formula is C19H24N6S. The Hall–Kier alpha value is -2.08. The highest BCUT2D eigenvalue weighted by Gasteiger charge is 2.25. The van der Waals surface area contributed by atoms with E-state index >= 15 is 0 Å². The van der Waals surface area contributed by atoms with Gasteiger partial charge >= 0.3 is 0 Å². The van der Waals surface area contributed by atoms with E-state index in [-0.39, 0.29) is 6.29 Å². The highest BCUT2D eigenvalue weighted by atomic mass is 32.2. The minimum Gasteiger partial charge on any atom is -0.356 e. The minimum absolute atomic E-state index is 0.167. The first kappa shape index (κ1) is 18.7. The Morgan fingerprint density at radius 1 is 1.19 bits per heavy atom. The van der Waals surface area contributed by atoms with Gasteiger partial charge < -0.3 is 5.32 Å². The number of benzene rings is 2. The SMILES string of the molecule is Cc1cc(C)c(SN2CNC(Nc3ccc(C#N)cc3)N(N)C2)c(C)c1. The molecule has 7 heteroatoms. The number of nitrogens with zero attached hydrogens (tertiary/aromatic N) is 3. The molecule has 6 nitrogen and oxygen atoms in total. The normalized spacial score (nSPS) is 18.5. The van der Waals surface area contributed by atoms with Gasteiger partial charge in [-0.1, -0.05) is 17.7 Å². The van der Waals surface area contributed by atoms with E-state index in [1.807, 2.05) is 12.1 Å². The lowest BCUT2D eigenvalue weighted by atomic mass is 10.1. The molecule has 2 aromatic carbocycles. The van der Waals surface area contributed by atoms with Crippen molar-refractivity contribution < 1.29 is 0 Å². The van der Waals surface area contributed by atoms with Gasteiger partial charge in [-0.3, -0.25) is 11.2 Å². The second-order valence-electron chi connectivity index (χ2n) is 6.55. The second kappa shape index (κ2) is 8.08. The zero-order valence-corrected chi connectivity index (χ0v) is 16.1. The van der Waals surface area contributed by atoms with Crippen molar-refractivity contribution in [3.8, 4) is 6.07 Å². The minimum atomic E-state index is -0.167. The number of aryl methyl sites for hydroxylation is 3. The first-order valence-electron chi connectivity index (χ1n) is 8.48. The van der Waals surface area contributed by atoms with E-state index in [0.717, 1.165) is 5.69 Å². The summed E-state index contributed by atoms with van der Waals surface area (Å²) in [6.07, 6.45) is -0.167. The van der Waals surface area contributed by atoms with E-state index in [2.05, 4.69) is 53.9 Å². The summed E-state index contributed by atoms with van der Waals surface area (Å²) in [5.74, 6) is 6.23. The molecular weight excluding hydrogens is 344 g/mol. The van der Waals surface area contributed by atoms with Crippen LogP contribution in [0.3, 0.4) is 0 Å². The highest BCUT2D eigenvalue weighted by Crippen LogP contribution is 2.30. The fourth-order valence-electron chi connectivity index (χ4n) is 3.05. The molecule has 4 N–H and O–H groups in total. The van der Waals surface area contributed by atoms with Crippen molar-refractivity contribution in [2.24, 2.45) is 5.84 Å². The number of hydrogen-bond donors (Lipinski definition) is 3. The van der Waals surface area contributed by atoms with Crippen molar-refractivity contribution in [3.63, 3.8) is 0 Å². The molecule has 1 aliphatic rings. The Morgan fingerprint density at radius 2 is 1.85 bits per heavy atom. The lowest BCUT2D eigenvalue weighted by Crippen LogP contribution is -2.63. The number of rotatable bonds is 4. The Bertz CT molecular complexity index is 791. The van der Waals surface area contributed by atoms with Gasteiger partial charge in [-0.2, -0.15) is 10.3 Å². The first-order valence-corrected chi connectivity index (χ1v) is 9.26. The predicted octanol–water partition coefficient (Wildman–Crippen LogP) is 2.88. The van der Waals surface area contributed by atoms with E-state index in [4.69, 9.17) is 11.1 Å². The molecule has 3 rings (SSSR count). The standard InChI is InChI=1S/C19H24N6S/c1-13-8-14(2)18(15(3)9-13)26-24-11-22-19(25(21)12-24)23-17-6-4-16(10-20)5-7-17/h4-9,19,22-23H,11-12,21H2,1-3H3. The number of hydrazine groups is 1. The molecule has 1 atom stereocenters. The number of anilines is 1. The molecule has 1 unspecified atom stereocenters. The predicted molar refractivity (Wildman–Crippen MR) is 106 cm³/mol. The molecule has 0 bridgehead atoms. The van der Waals surface area contributed by atoms with Gasteiger partial charge in [0.05, 0.1) is 25.0 Å². The number of nitrogens with one attached hydrogen (secondary N) is 2. The molecule has 0 amide bonds. The van der Waals surface area contributed by atoms with Crippen LogP contribution in [0.4, 0.5) is 5.69 Å². The van der Waals surface area contributed by atoms with Gasteiger partial charge in [0, 0.05) is 10.6 Å². The van der Waals surface area contributed by atoms with E-state index in [9.17, 15) is 0 Å². The Labute approximate surface area is 159 Å². The van der Waals surface area contributed by atoms with Gasteiger partial charge in [-0.15, -0.1) is 0 Å². The Balaban J connectivity index is 1.60. The first-order chi connectivity index (χ1) is 12.5. The lowest BCUT2D eigenvalue weighted by molar-refractivity contribution is 0.0818. The fraction of sp³-hybridized carbons (Fsp3) is 0.316. The quantitative estimate of drug-likeness (QED) is 0.565. The third-order valence-electron chi connectivity index (χ3n) is 4.26. The summed E-state index contributed by atoms with van der Waals surface area (Å²) < 4.78 is 2.20. The van der Waals surface area contributed by atoms with Crippen molar-refractivity contribution in [1.29, 1.82) is 5.26 Å². The summed E-state index contributed by atoms with van der Waals surface area (Å²) in [4.78, 5) is 1.28. The summed E-state index contributed by atoms with van der Waals surface area (Å²) in [5, 5.41) is 17.3. The summed E-state index contributed by atoms with van der Waals surface area (Å²) >= 11 is 1.73. The zero-order chi connectivity index (χ0) is 18.7. The van der Waals surface area contributed by atoms with Crippen LogP contribution in [0.15, 0.2) is 41.3 Å². The fourth-order valence-corrected chi connectivity index (χ4v) is 4.05. The van der Waals surface area contributed by atoms with Crippen LogP contribution >= 0.6 is 11.9 Å². The molecule has 2 aromatic rings. The van der Waals surface area contributed by atoms with Gasteiger partial charge in [0.25, 0.3) is 0 Å². The number of nitriles is 1. The molecule has 1 aliphatic heterocycles. The lowest BCUT2D eigenvalue weighted by Gasteiger charge is -2.39. The van der Waals surface area contributed by atoms with Crippen molar-refractivity contribution in [1.82, 2.24) is 14.6 Å². The van der Waals surface area contributed by atoms with Gasteiger partial charge in [-0.25, -0.2) is 4.31 Å². The van der Waals surface area contributed by atoms with E-state index in [1.165, 1.54) is 21.6 Å². The molecule has 1 heterocycles. The Morgan fingerprint density at radius 3 is 2.42 bits per heavy atom. The Kier molecular flexibility index (Phi) is 5.81. The van der Waals surface area contributed by atoms with Gasteiger partial charge in [-0.05, 0) is 68.1 Å². The summed E-state index contributed by atoms with van der Waals surface area (Å²) in [7, 11) is 0.